The number of hydrogen-bond acceptors (Lipinski definition) is 0. The Bertz CT molecular complexity index is 251. The Kier molecular flexibility index (Phi) is 1.04. The molecule has 0 N–H and O–H groups in total. The van der Waals surface area contributed by atoms with E-state index in [4.69, 9.17) is 0 Å². The van der Waals surface area contributed by atoms with Gasteiger partial charge in [0.1, 0.15) is 0 Å². The van der Waals surface area contributed by atoms with Crippen molar-refractivity contribution < 1.29 is 0 Å². The molecule has 0 bridgehead atoms. The monoisotopic (exact) mass is 176 g/mol. The van der Waals surface area contributed by atoms with Gasteiger partial charge in [-0.15, -0.1) is 0 Å². The minimum atomic E-state index is 0.853. The normalized spacial score (nSPS) is 67.6. The second-order valence-electron chi connectivity index (χ2n) is 6.80. The second kappa shape index (κ2) is 1.85. The lowest BCUT2D eigenvalue weighted by Gasteiger charge is -2.44. The molecule has 0 saturated heterocycles. The van der Waals surface area contributed by atoms with E-state index in [-0.39, 0.29) is 0 Å². The Balaban J connectivity index is 1.93. The Morgan fingerprint density at radius 1 is 0.846 bits per heavy atom. The summed E-state index contributed by atoms with van der Waals surface area (Å²) < 4.78 is 0. The molecule has 0 aromatic heterocycles. The molecule has 3 aliphatic rings. The lowest BCUT2D eigenvalue weighted by Crippen LogP contribution is -2.33. The van der Waals surface area contributed by atoms with E-state index in [1.54, 1.807) is 44.9 Å². The van der Waals surface area contributed by atoms with Crippen LogP contribution in [0.2, 0.25) is 0 Å². The van der Waals surface area contributed by atoms with E-state index in [0.29, 0.717) is 0 Å². The molecule has 3 atom stereocenters. The van der Waals surface area contributed by atoms with Gasteiger partial charge in [0.05, 0.1) is 0 Å². The first kappa shape index (κ1) is 7.31. The van der Waals surface area contributed by atoms with Crippen molar-refractivity contribution in [1.29, 1.82) is 0 Å². The van der Waals surface area contributed by atoms with E-state index in [1.807, 2.05) is 0 Å². The summed E-state index contributed by atoms with van der Waals surface area (Å²) in [6.07, 6.45) is 11.3. The van der Waals surface area contributed by atoms with Gasteiger partial charge >= 0.3 is 0 Å². The third-order valence-electron chi connectivity index (χ3n) is 6.33. The average molecular weight is 176 g/mol. The zero-order chi connectivity index (χ0) is 8.68. The lowest BCUT2D eigenvalue weighted by molar-refractivity contribution is 0.0659. The maximum absolute atomic E-state index is 2.56. The number of rotatable bonds is 0. The van der Waals surface area contributed by atoms with Crippen molar-refractivity contribution in [2.24, 2.45) is 28.6 Å². The molecule has 0 aliphatic heterocycles. The van der Waals surface area contributed by atoms with Crippen molar-refractivity contribution >= 4 is 0 Å². The second-order valence-corrected chi connectivity index (χ2v) is 6.80. The summed E-state index contributed by atoms with van der Waals surface area (Å²) in [5.41, 5.74) is 1.72. The highest BCUT2D eigenvalue weighted by Crippen LogP contribution is 2.73. The Hall–Kier alpha value is 0. The van der Waals surface area contributed by atoms with Crippen LogP contribution in [-0.4, -0.2) is 0 Å². The Labute approximate surface area is 81.1 Å². The molecular weight excluding hydrogens is 156 g/mol. The van der Waals surface area contributed by atoms with E-state index >= 15 is 0 Å². The van der Waals surface area contributed by atoms with Gasteiger partial charge in [-0.2, -0.15) is 0 Å². The third-order valence-corrected chi connectivity index (χ3v) is 6.33. The van der Waals surface area contributed by atoms with Crippen LogP contribution in [0.4, 0.5) is 0 Å². The van der Waals surface area contributed by atoms with Gasteiger partial charge < -0.3 is 0 Å². The summed E-state index contributed by atoms with van der Waals surface area (Å²) in [5, 5.41) is 0. The van der Waals surface area contributed by atoms with E-state index in [0.717, 1.165) is 16.7 Å². The zero-order valence-electron chi connectivity index (χ0n) is 8.68. The fourth-order valence-corrected chi connectivity index (χ4v) is 5.84. The van der Waals surface area contributed by atoms with Gasteiger partial charge in [0.25, 0.3) is 0 Å². The van der Waals surface area contributed by atoms with Crippen LogP contribution in [0, 0.1) is 28.6 Å². The molecule has 13 heavy (non-hydrogen) atoms. The van der Waals surface area contributed by atoms with Crippen LogP contribution in [0.25, 0.3) is 0 Å². The molecule has 3 fully saturated rings. The van der Waals surface area contributed by atoms with Crippen molar-refractivity contribution in [2.75, 3.05) is 0 Å². The fraction of sp³-hybridized carbons (Fsp3) is 1.00. The molecule has 3 rings (SSSR count). The van der Waals surface area contributed by atoms with E-state index < -0.39 is 0 Å². The van der Waals surface area contributed by atoms with Gasteiger partial charge in [0, 0.05) is 0 Å². The predicted molar refractivity (Wildman–Crippen MR) is 53.3 cm³/mol. The van der Waals surface area contributed by atoms with Crippen LogP contribution in [0.15, 0.2) is 0 Å². The highest BCUT2D eigenvalue weighted by atomic mass is 14.7. The number of fused-ring (bicyclic) bond motifs is 1. The van der Waals surface area contributed by atoms with E-state index in [1.165, 1.54) is 11.8 Å². The largest absolute Gasteiger partial charge is 0.0620 e. The summed E-state index contributed by atoms with van der Waals surface area (Å²) in [5.74, 6) is 3.42. The van der Waals surface area contributed by atoms with Crippen LogP contribution in [0.5, 0.6) is 0 Å². The van der Waals surface area contributed by atoms with Crippen LogP contribution in [0.1, 0.15) is 51.9 Å². The predicted octanol–water partition coefficient (Wildman–Crippen LogP) is 3.61. The van der Waals surface area contributed by atoms with Gasteiger partial charge in [-0.3, -0.25) is 0 Å². The first-order valence-electron chi connectivity index (χ1n) is 6.22. The highest BCUT2D eigenvalue weighted by Gasteiger charge is 2.63. The molecule has 0 radical (unpaired) electrons. The molecule has 0 amide bonds. The molecule has 0 heteroatoms. The maximum Gasteiger partial charge on any atom is -0.0266 e. The molecule has 0 heterocycles. The SMILES string of the molecule is CC1CC23CCC14CC(C2)C(C3)C4. The molecule has 0 aromatic carbocycles. The van der Waals surface area contributed by atoms with Crippen molar-refractivity contribution in [3.05, 3.63) is 0 Å². The minimum Gasteiger partial charge on any atom is -0.0620 e. The van der Waals surface area contributed by atoms with Crippen molar-refractivity contribution in [3.8, 4) is 0 Å². The highest BCUT2D eigenvalue weighted by molar-refractivity contribution is 5.13. The molecule has 3 unspecified atom stereocenters. The van der Waals surface area contributed by atoms with Gasteiger partial charge in [-0.1, -0.05) is 6.92 Å². The van der Waals surface area contributed by atoms with E-state index in [9.17, 15) is 0 Å². The smallest absolute Gasteiger partial charge is 0.0266 e. The maximum atomic E-state index is 2.56. The topological polar surface area (TPSA) is 0 Å². The molecule has 2 spiro atoms. The van der Waals surface area contributed by atoms with Gasteiger partial charge in [0.15, 0.2) is 0 Å². The standard InChI is InChI=1S/C13H20/c1-9-4-12-2-3-13(9)7-10(5-12)11(6-12)8-13/h9-11H,2-8H2,1H3. The quantitative estimate of drug-likeness (QED) is 0.529. The van der Waals surface area contributed by atoms with Crippen molar-refractivity contribution in [2.45, 2.75) is 51.9 Å². The molecule has 3 saturated carbocycles. The Morgan fingerprint density at radius 2 is 1.54 bits per heavy atom. The molecular formula is C13H20. The average Bonchev–Trinajstić information content (AvgIpc) is 2.34. The van der Waals surface area contributed by atoms with Crippen LogP contribution < -0.4 is 0 Å². The number of hydrogen-bond donors (Lipinski definition) is 0. The molecule has 3 aliphatic carbocycles. The van der Waals surface area contributed by atoms with Gasteiger partial charge in [0.2, 0.25) is 0 Å². The van der Waals surface area contributed by atoms with Crippen LogP contribution in [0.3, 0.4) is 0 Å². The van der Waals surface area contributed by atoms with Gasteiger partial charge in [-0.05, 0) is 73.5 Å². The Morgan fingerprint density at radius 3 is 2.15 bits per heavy atom. The third kappa shape index (κ3) is 0.680. The fourth-order valence-electron chi connectivity index (χ4n) is 5.84. The zero-order valence-corrected chi connectivity index (χ0v) is 8.68. The summed E-state index contributed by atoms with van der Waals surface area (Å²) in [7, 11) is 0. The van der Waals surface area contributed by atoms with E-state index in [2.05, 4.69) is 6.92 Å². The first-order chi connectivity index (χ1) is 6.22. The molecule has 0 nitrogen and oxygen atoms in total. The molecule has 0 aromatic rings. The minimum absolute atomic E-state index is 0.853. The lowest BCUT2D eigenvalue weighted by atomic mass is 9.61. The van der Waals surface area contributed by atoms with Gasteiger partial charge in [-0.25, -0.2) is 0 Å². The van der Waals surface area contributed by atoms with Crippen molar-refractivity contribution in [1.82, 2.24) is 0 Å². The summed E-state index contributed by atoms with van der Waals surface area (Å²) >= 11 is 0. The van der Waals surface area contributed by atoms with Crippen LogP contribution in [-0.2, 0) is 0 Å². The first-order valence-corrected chi connectivity index (χ1v) is 6.22. The summed E-state index contributed by atoms with van der Waals surface area (Å²) in [6, 6.07) is 0. The summed E-state index contributed by atoms with van der Waals surface area (Å²) in [6.45, 7) is 2.56. The summed E-state index contributed by atoms with van der Waals surface area (Å²) in [4.78, 5) is 0. The van der Waals surface area contributed by atoms with Crippen molar-refractivity contribution in [3.63, 3.8) is 0 Å². The molecule has 72 valence electrons. The van der Waals surface area contributed by atoms with Crippen LogP contribution >= 0.6 is 0 Å².